The van der Waals surface area contributed by atoms with Crippen molar-refractivity contribution in [3.63, 3.8) is 0 Å². The average molecular weight is 395 g/mol. The van der Waals surface area contributed by atoms with Gasteiger partial charge in [0.25, 0.3) is 5.56 Å². The van der Waals surface area contributed by atoms with E-state index in [2.05, 4.69) is 15.2 Å². The van der Waals surface area contributed by atoms with E-state index < -0.39 is 0 Å². The van der Waals surface area contributed by atoms with Crippen LogP contribution in [0.25, 0.3) is 27.4 Å². The van der Waals surface area contributed by atoms with Crippen LogP contribution in [-0.4, -0.2) is 24.1 Å². The third-order valence-corrected chi connectivity index (χ3v) is 6.10. The van der Waals surface area contributed by atoms with Gasteiger partial charge in [-0.15, -0.1) is 21.5 Å². The highest BCUT2D eigenvalue weighted by atomic mass is 32.2. The molecule has 0 saturated carbocycles. The zero-order chi connectivity index (χ0) is 18.4. The number of aromatic nitrogens is 5. The van der Waals surface area contributed by atoms with Gasteiger partial charge in [-0.3, -0.25) is 13.8 Å². The van der Waals surface area contributed by atoms with Crippen LogP contribution in [0.1, 0.15) is 5.69 Å². The molecule has 0 unspecified atom stereocenters. The van der Waals surface area contributed by atoms with Crippen LogP contribution in [-0.2, 0) is 12.8 Å². The molecule has 9 heteroatoms. The molecule has 0 bridgehead atoms. The highest BCUT2D eigenvalue weighted by molar-refractivity contribution is 7.98. The number of fused-ring (bicyclic) bond motifs is 3. The van der Waals surface area contributed by atoms with E-state index in [-0.39, 0.29) is 5.56 Å². The molecule has 4 aromatic heterocycles. The standard InChI is InChI=1S/C18H13N5O2S2/c1-22-16(24)12-5-2-3-6-13(12)23-17(22)20-21-18(23)27-10-11-9-26-15(19-11)14-7-4-8-25-14/h2-9H,10H2,1H3. The van der Waals surface area contributed by atoms with E-state index in [0.29, 0.717) is 16.9 Å². The maximum atomic E-state index is 12.5. The molecule has 0 aliphatic rings. The maximum absolute atomic E-state index is 12.5. The van der Waals surface area contributed by atoms with Crippen LogP contribution in [0.3, 0.4) is 0 Å². The van der Waals surface area contributed by atoms with Crippen LogP contribution in [0.5, 0.6) is 0 Å². The van der Waals surface area contributed by atoms with Gasteiger partial charge in [0.15, 0.2) is 15.9 Å². The first-order valence-corrected chi connectivity index (χ1v) is 10.0. The van der Waals surface area contributed by atoms with Gasteiger partial charge < -0.3 is 4.42 Å². The van der Waals surface area contributed by atoms with Crippen molar-refractivity contribution in [3.8, 4) is 10.8 Å². The molecule has 0 amide bonds. The Morgan fingerprint density at radius 1 is 1.19 bits per heavy atom. The number of hydrogen-bond donors (Lipinski definition) is 0. The van der Waals surface area contributed by atoms with E-state index in [1.807, 2.05) is 46.2 Å². The molecule has 0 N–H and O–H groups in total. The Morgan fingerprint density at radius 2 is 2.07 bits per heavy atom. The molecule has 0 atom stereocenters. The summed E-state index contributed by atoms with van der Waals surface area (Å²) in [4.78, 5) is 17.1. The topological polar surface area (TPSA) is 78.2 Å². The fourth-order valence-corrected chi connectivity index (χ4v) is 4.65. The van der Waals surface area contributed by atoms with Crippen molar-refractivity contribution in [2.24, 2.45) is 7.05 Å². The molecule has 0 radical (unpaired) electrons. The minimum Gasteiger partial charge on any atom is -0.462 e. The molecule has 1 aromatic carbocycles. The Labute approximate surface area is 161 Å². The van der Waals surface area contributed by atoms with Gasteiger partial charge in [0.05, 0.1) is 22.9 Å². The third kappa shape index (κ3) is 2.66. The molecule has 27 heavy (non-hydrogen) atoms. The number of benzene rings is 1. The van der Waals surface area contributed by atoms with Crippen molar-refractivity contribution in [3.05, 3.63) is 64.1 Å². The number of hydrogen-bond acceptors (Lipinski definition) is 7. The van der Waals surface area contributed by atoms with E-state index in [9.17, 15) is 4.79 Å². The van der Waals surface area contributed by atoms with Gasteiger partial charge in [-0.25, -0.2) is 4.98 Å². The molecule has 0 aliphatic heterocycles. The molecule has 5 aromatic rings. The van der Waals surface area contributed by atoms with Crippen LogP contribution < -0.4 is 5.56 Å². The number of aryl methyl sites for hydroxylation is 1. The van der Waals surface area contributed by atoms with Crippen LogP contribution in [0.2, 0.25) is 0 Å². The molecular weight excluding hydrogens is 382 g/mol. The number of thioether (sulfide) groups is 1. The normalized spacial score (nSPS) is 11.6. The van der Waals surface area contributed by atoms with Crippen molar-refractivity contribution in [1.82, 2.24) is 24.1 Å². The Hall–Kier alpha value is -2.91. The summed E-state index contributed by atoms with van der Waals surface area (Å²) in [6.07, 6.45) is 1.64. The summed E-state index contributed by atoms with van der Waals surface area (Å²) in [5.74, 6) is 1.94. The van der Waals surface area contributed by atoms with Gasteiger partial charge in [-0.2, -0.15) is 0 Å². The SMILES string of the molecule is Cn1c(=O)c2ccccc2n2c(SCc3csc(-c4ccco4)n3)nnc12. The van der Waals surface area contributed by atoms with Gasteiger partial charge in [-0.05, 0) is 24.3 Å². The molecule has 4 heterocycles. The average Bonchev–Trinajstić information content (AvgIpc) is 3.44. The lowest BCUT2D eigenvalue weighted by atomic mass is 10.2. The monoisotopic (exact) mass is 395 g/mol. The highest BCUT2D eigenvalue weighted by Crippen LogP contribution is 2.28. The number of thiazole rings is 1. The number of furan rings is 1. The van der Waals surface area contributed by atoms with Gasteiger partial charge >= 0.3 is 0 Å². The van der Waals surface area contributed by atoms with E-state index >= 15 is 0 Å². The molecule has 0 spiro atoms. The van der Waals surface area contributed by atoms with Crippen molar-refractivity contribution in [2.45, 2.75) is 10.9 Å². The lowest BCUT2D eigenvalue weighted by Crippen LogP contribution is -2.20. The second kappa shape index (κ2) is 6.36. The maximum Gasteiger partial charge on any atom is 0.262 e. The van der Waals surface area contributed by atoms with E-state index in [1.165, 1.54) is 16.3 Å². The summed E-state index contributed by atoms with van der Waals surface area (Å²) < 4.78 is 8.84. The summed E-state index contributed by atoms with van der Waals surface area (Å²) >= 11 is 3.09. The first-order valence-electron chi connectivity index (χ1n) is 8.16. The van der Waals surface area contributed by atoms with E-state index in [0.717, 1.165) is 27.1 Å². The molecule has 0 fully saturated rings. The lowest BCUT2D eigenvalue weighted by molar-refractivity contribution is 0.581. The molecular formula is C18H13N5O2S2. The molecule has 5 rings (SSSR count). The summed E-state index contributed by atoms with van der Waals surface area (Å²) in [7, 11) is 1.71. The first-order chi connectivity index (χ1) is 13.2. The first kappa shape index (κ1) is 16.3. The fourth-order valence-electron chi connectivity index (χ4n) is 2.93. The lowest BCUT2D eigenvalue weighted by Gasteiger charge is -2.07. The minimum absolute atomic E-state index is 0.0790. The summed E-state index contributed by atoms with van der Waals surface area (Å²) in [5, 5.41) is 12.7. The van der Waals surface area contributed by atoms with E-state index in [4.69, 9.17) is 4.42 Å². The molecule has 7 nitrogen and oxygen atoms in total. The molecule has 134 valence electrons. The van der Waals surface area contributed by atoms with Crippen LogP contribution in [0.4, 0.5) is 0 Å². The third-order valence-electron chi connectivity index (χ3n) is 4.23. The largest absolute Gasteiger partial charge is 0.462 e. The predicted octanol–water partition coefficient (Wildman–Crippen LogP) is 3.59. The summed E-state index contributed by atoms with van der Waals surface area (Å²) in [5.41, 5.74) is 1.67. The molecule has 0 saturated heterocycles. The van der Waals surface area contributed by atoms with Crippen LogP contribution >= 0.6 is 23.1 Å². The zero-order valence-corrected chi connectivity index (χ0v) is 15.8. The Morgan fingerprint density at radius 3 is 2.93 bits per heavy atom. The number of nitrogens with zero attached hydrogens (tertiary/aromatic N) is 5. The molecule has 0 aliphatic carbocycles. The highest BCUT2D eigenvalue weighted by Gasteiger charge is 2.15. The smallest absolute Gasteiger partial charge is 0.262 e. The van der Waals surface area contributed by atoms with Gasteiger partial charge in [0.2, 0.25) is 5.78 Å². The second-order valence-electron chi connectivity index (χ2n) is 5.91. The van der Waals surface area contributed by atoms with Crippen molar-refractivity contribution < 1.29 is 4.42 Å². The number of para-hydroxylation sites is 1. The predicted molar refractivity (Wildman–Crippen MR) is 105 cm³/mol. The van der Waals surface area contributed by atoms with Crippen LogP contribution in [0, 0.1) is 0 Å². The van der Waals surface area contributed by atoms with Crippen LogP contribution in [0.15, 0.2) is 62.4 Å². The Kier molecular flexibility index (Phi) is 3.83. The summed E-state index contributed by atoms with van der Waals surface area (Å²) in [6.45, 7) is 0. The summed E-state index contributed by atoms with van der Waals surface area (Å²) in [6, 6.07) is 11.2. The fraction of sp³-hybridized carbons (Fsp3) is 0.111. The van der Waals surface area contributed by atoms with Gasteiger partial charge in [0.1, 0.15) is 0 Å². The quantitative estimate of drug-likeness (QED) is 0.433. The Balaban J connectivity index is 1.52. The number of rotatable bonds is 4. The zero-order valence-electron chi connectivity index (χ0n) is 14.2. The Bertz CT molecular complexity index is 1320. The van der Waals surface area contributed by atoms with Crippen molar-refractivity contribution in [2.75, 3.05) is 0 Å². The van der Waals surface area contributed by atoms with E-state index in [1.54, 1.807) is 24.6 Å². The van der Waals surface area contributed by atoms with Gasteiger partial charge in [-0.1, -0.05) is 23.9 Å². The van der Waals surface area contributed by atoms with Crippen molar-refractivity contribution >= 4 is 39.8 Å². The second-order valence-corrected chi connectivity index (χ2v) is 7.71. The van der Waals surface area contributed by atoms with Crippen molar-refractivity contribution in [1.29, 1.82) is 0 Å². The van der Waals surface area contributed by atoms with Gasteiger partial charge in [0, 0.05) is 18.2 Å². The minimum atomic E-state index is -0.0790.